The van der Waals surface area contributed by atoms with E-state index in [-0.39, 0.29) is 27.6 Å². The van der Waals surface area contributed by atoms with Crippen LogP contribution in [-0.2, 0) is 10.0 Å². The Balaban J connectivity index is 2.49. The summed E-state index contributed by atoms with van der Waals surface area (Å²) < 4.78 is 43.2. The Morgan fingerprint density at radius 2 is 1.64 bits per heavy atom. The molecule has 2 aromatic carbocycles. The smallest absolute Gasteiger partial charge is 0.265 e. The summed E-state index contributed by atoms with van der Waals surface area (Å²) in [5, 5.41) is 0. The van der Waals surface area contributed by atoms with Crippen LogP contribution in [0.15, 0.2) is 41.3 Å². The number of carbonyl (C=O) groups is 1. The van der Waals surface area contributed by atoms with Gasteiger partial charge in [-0.1, -0.05) is 0 Å². The van der Waals surface area contributed by atoms with Crippen molar-refractivity contribution in [1.82, 2.24) is 0 Å². The third-order valence-electron chi connectivity index (χ3n) is 3.39. The van der Waals surface area contributed by atoms with Gasteiger partial charge in [-0.15, -0.1) is 0 Å². The standard InChI is InChI=1S/C16H18N2O6S/c1-22-11-5-6-12(14(9-11)24-3)18-25(20,21)15-8-10(16(17)19)4-7-13(15)23-2/h4-9,18H,1-3H3,(H2,17,19). The fourth-order valence-electron chi connectivity index (χ4n) is 2.12. The van der Waals surface area contributed by atoms with Gasteiger partial charge in [0.15, 0.2) is 0 Å². The maximum atomic E-state index is 12.7. The zero-order valence-electron chi connectivity index (χ0n) is 13.9. The molecule has 2 aromatic rings. The minimum Gasteiger partial charge on any atom is -0.497 e. The van der Waals surface area contributed by atoms with Crippen LogP contribution in [0.2, 0.25) is 0 Å². The molecule has 8 nitrogen and oxygen atoms in total. The van der Waals surface area contributed by atoms with Gasteiger partial charge in [0.05, 0.1) is 27.0 Å². The Kier molecular flexibility index (Phi) is 5.38. The average Bonchev–Trinajstić information content (AvgIpc) is 2.61. The fourth-order valence-corrected chi connectivity index (χ4v) is 3.39. The van der Waals surface area contributed by atoms with Crippen LogP contribution >= 0.6 is 0 Å². The summed E-state index contributed by atoms with van der Waals surface area (Å²) in [4.78, 5) is 11.1. The average molecular weight is 366 g/mol. The lowest BCUT2D eigenvalue weighted by Crippen LogP contribution is -2.17. The molecule has 0 aliphatic carbocycles. The Morgan fingerprint density at radius 1 is 0.960 bits per heavy atom. The zero-order chi connectivity index (χ0) is 18.6. The van der Waals surface area contributed by atoms with Gasteiger partial charge in [-0.2, -0.15) is 0 Å². The number of methoxy groups -OCH3 is 3. The molecule has 0 aromatic heterocycles. The van der Waals surface area contributed by atoms with Gasteiger partial charge in [0.1, 0.15) is 22.1 Å². The van der Waals surface area contributed by atoms with E-state index in [2.05, 4.69) is 4.72 Å². The molecule has 0 unspecified atom stereocenters. The van der Waals surface area contributed by atoms with Crippen molar-refractivity contribution < 1.29 is 27.4 Å². The van der Waals surface area contributed by atoms with Crippen molar-refractivity contribution in [3.8, 4) is 17.2 Å². The van der Waals surface area contributed by atoms with E-state index in [9.17, 15) is 13.2 Å². The van der Waals surface area contributed by atoms with Crippen LogP contribution in [0.3, 0.4) is 0 Å². The van der Waals surface area contributed by atoms with Gasteiger partial charge >= 0.3 is 0 Å². The lowest BCUT2D eigenvalue weighted by Gasteiger charge is -2.15. The third kappa shape index (κ3) is 3.94. The number of nitrogens with two attached hydrogens (primary N) is 1. The first-order chi connectivity index (χ1) is 11.8. The van der Waals surface area contributed by atoms with E-state index in [1.54, 1.807) is 6.07 Å². The van der Waals surface area contributed by atoms with Gasteiger partial charge in [0.2, 0.25) is 5.91 Å². The molecular weight excluding hydrogens is 348 g/mol. The summed E-state index contributed by atoms with van der Waals surface area (Å²) in [6.07, 6.45) is 0. The molecule has 25 heavy (non-hydrogen) atoms. The van der Waals surface area contributed by atoms with Gasteiger partial charge in [-0.25, -0.2) is 8.42 Å². The van der Waals surface area contributed by atoms with Crippen LogP contribution in [0, 0.1) is 0 Å². The number of primary amides is 1. The second-order valence-electron chi connectivity index (χ2n) is 4.90. The highest BCUT2D eigenvalue weighted by Crippen LogP contribution is 2.33. The summed E-state index contributed by atoms with van der Waals surface area (Å²) in [6, 6.07) is 8.51. The predicted octanol–water partition coefficient (Wildman–Crippen LogP) is 1.61. The van der Waals surface area contributed by atoms with E-state index in [0.29, 0.717) is 5.75 Å². The van der Waals surface area contributed by atoms with Crippen LogP contribution < -0.4 is 24.7 Å². The van der Waals surface area contributed by atoms with Crippen molar-refractivity contribution >= 4 is 21.6 Å². The molecule has 0 saturated carbocycles. The fraction of sp³-hybridized carbons (Fsp3) is 0.188. The summed E-state index contributed by atoms with van der Waals surface area (Å²) in [7, 11) is 0.146. The maximum Gasteiger partial charge on any atom is 0.265 e. The predicted molar refractivity (Wildman–Crippen MR) is 91.9 cm³/mol. The van der Waals surface area contributed by atoms with Gasteiger partial charge < -0.3 is 19.9 Å². The van der Waals surface area contributed by atoms with Gasteiger partial charge in [-0.05, 0) is 30.3 Å². The zero-order valence-corrected chi connectivity index (χ0v) is 14.7. The van der Waals surface area contributed by atoms with Gasteiger partial charge in [-0.3, -0.25) is 9.52 Å². The van der Waals surface area contributed by atoms with Crippen LogP contribution in [0.25, 0.3) is 0 Å². The van der Waals surface area contributed by atoms with E-state index in [1.807, 2.05) is 0 Å². The van der Waals surface area contributed by atoms with Crippen molar-refractivity contribution in [3.63, 3.8) is 0 Å². The highest BCUT2D eigenvalue weighted by Gasteiger charge is 2.23. The summed E-state index contributed by atoms with van der Waals surface area (Å²) in [5.74, 6) is 0.104. The second-order valence-corrected chi connectivity index (χ2v) is 6.55. The van der Waals surface area contributed by atoms with E-state index in [0.717, 1.165) is 6.07 Å². The van der Waals surface area contributed by atoms with E-state index < -0.39 is 15.9 Å². The lowest BCUT2D eigenvalue weighted by molar-refractivity contribution is 0.1000. The second kappa shape index (κ2) is 7.31. The van der Waals surface area contributed by atoms with E-state index >= 15 is 0 Å². The van der Waals surface area contributed by atoms with Crippen molar-refractivity contribution in [3.05, 3.63) is 42.0 Å². The number of nitrogens with one attached hydrogen (secondary N) is 1. The Labute approximate surface area is 145 Å². The molecule has 9 heteroatoms. The molecule has 0 spiro atoms. The normalized spacial score (nSPS) is 10.8. The minimum absolute atomic E-state index is 0.0443. The van der Waals surface area contributed by atoms with E-state index in [1.165, 1.54) is 45.6 Å². The highest BCUT2D eigenvalue weighted by molar-refractivity contribution is 7.92. The summed E-state index contributed by atoms with van der Waals surface area (Å²) in [5.41, 5.74) is 5.47. The number of ether oxygens (including phenoxy) is 3. The topological polar surface area (TPSA) is 117 Å². The quantitative estimate of drug-likeness (QED) is 0.769. The lowest BCUT2D eigenvalue weighted by atomic mass is 10.2. The number of sulfonamides is 1. The van der Waals surface area contributed by atoms with Crippen LogP contribution in [0.4, 0.5) is 5.69 Å². The van der Waals surface area contributed by atoms with E-state index in [4.69, 9.17) is 19.9 Å². The number of amides is 1. The number of rotatable bonds is 7. The first-order valence-corrected chi connectivity index (χ1v) is 8.53. The molecule has 0 radical (unpaired) electrons. The third-order valence-corrected chi connectivity index (χ3v) is 4.78. The molecule has 1 amide bonds. The molecule has 0 aliphatic heterocycles. The van der Waals surface area contributed by atoms with Gasteiger partial charge in [0, 0.05) is 11.6 Å². The van der Waals surface area contributed by atoms with Crippen molar-refractivity contribution in [1.29, 1.82) is 0 Å². The molecule has 0 fully saturated rings. The molecule has 0 bridgehead atoms. The molecule has 3 N–H and O–H groups in total. The molecule has 0 heterocycles. The number of carbonyl (C=O) groups excluding carboxylic acids is 1. The van der Waals surface area contributed by atoms with Crippen LogP contribution in [0.1, 0.15) is 10.4 Å². The summed E-state index contributed by atoms with van der Waals surface area (Å²) >= 11 is 0. The number of anilines is 1. The molecule has 0 aliphatic rings. The maximum absolute atomic E-state index is 12.7. The first-order valence-electron chi connectivity index (χ1n) is 7.05. The number of hydrogen-bond acceptors (Lipinski definition) is 6. The molecule has 134 valence electrons. The van der Waals surface area contributed by atoms with Crippen LogP contribution in [-0.4, -0.2) is 35.7 Å². The molecule has 0 atom stereocenters. The van der Waals surface area contributed by atoms with Crippen molar-refractivity contribution in [2.45, 2.75) is 4.90 Å². The summed E-state index contributed by atoms with van der Waals surface area (Å²) in [6.45, 7) is 0. The van der Waals surface area contributed by atoms with Gasteiger partial charge in [0.25, 0.3) is 10.0 Å². The van der Waals surface area contributed by atoms with Crippen LogP contribution in [0.5, 0.6) is 17.2 Å². The minimum atomic E-state index is -4.07. The van der Waals surface area contributed by atoms with Crippen molar-refractivity contribution in [2.75, 3.05) is 26.1 Å². The first kappa shape index (κ1) is 18.4. The highest BCUT2D eigenvalue weighted by atomic mass is 32.2. The Hall–Kier alpha value is -2.94. The SMILES string of the molecule is COc1ccc(NS(=O)(=O)c2cc(C(N)=O)ccc2OC)c(OC)c1. The Morgan fingerprint density at radius 3 is 2.20 bits per heavy atom. The number of hydrogen-bond donors (Lipinski definition) is 2. The Bertz CT molecular complexity index is 895. The monoisotopic (exact) mass is 366 g/mol. The largest absolute Gasteiger partial charge is 0.497 e. The number of benzene rings is 2. The van der Waals surface area contributed by atoms with Crippen molar-refractivity contribution in [2.24, 2.45) is 5.73 Å². The molecular formula is C16H18N2O6S. The molecule has 2 rings (SSSR count). The molecule has 0 saturated heterocycles.